The third-order valence-electron chi connectivity index (χ3n) is 2.79. The zero-order valence-corrected chi connectivity index (χ0v) is 12.8. The third kappa shape index (κ3) is 3.70. The number of nitrogens with zero attached hydrogens (tertiary/aromatic N) is 1. The van der Waals surface area contributed by atoms with Crippen molar-refractivity contribution in [2.45, 2.75) is 6.54 Å². The van der Waals surface area contributed by atoms with Gasteiger partial charge in [-0.3, -0.25) is 4.79 Å². The Bertz CT molecular complexity index is 598. The van der Waals surface area contributed by atoms with E-state index in [1.165, 1.54) is 0 Å². The molecule has 0 saturated heterocycles. The maximum atomic E-state index is 12.3. The minimum Gasteiger partial charge on any atom is -0.399 e. The van der Waals surface area contributed by atoms with E-state index in [1.54, 1.807) is 11.9 Å². The topological polar surface area (TPSA) is 46.3 Å². The molecule has 0 spiro atoms. The van der Waals surface area contributed by atoms with Crippen LogP contribution in [0.1, 0.15) is 15.9 Å². The fourth-order valence-corrected chi connectivity index (χ4v) is 2.42. The monoisotopic (exact) mass is 366 g/mol. The lowest BCUT2D eigenvalue weighted by Crippen LogP contribution is -2.26. The second-order valence-corrected chi connectivity index (χ2v) is 5.66. The maximum absolute atomic E-state index is 12.3. The molecule has 0 aromatic heterocycles. The molecule has 0 aliphatic rings. The van der Waals surface area contributed by atoms with Gasteiger partial charge in [0.15, 0.2) is 0 Å². The van der Waals surface area contributed by atoms with Crippen LogP contribution < -0.4 is 5.73 Å². The number of hydrogen-bond acceptors (Lipinski definition) is 2. The lowest BCUT2D eigenvalue weighted by atomic mass is 10.1. The summed E-state index contributed by atoms with van der Waals surface area (Å²) in [6.07, 6.45) is 0. The Balaban J connectivity index is 2.12. The number of carbonyl (C=O) groups excluding carboxylic acids is 1. The van der Waals surface area contributed by atoms with E-state index < -0.39 is 0 Å². The number of hydrogen-bond donors (Lipinski definition) is 1. The molecular formula is C15H15IN2O. The summed E-state index contributed by atoms with van der Waals surface area (Å²) in [6.45, 7) is 0.551. The van der Waals surface area contributed by atoms with Crippen molar-refractivity contribution in [1.82, 2.24) is 4.90 Å². The van der Waals surface area contributed by atoms with Gasteiger partial charge in [0.05, 0.1) is 0 Å². The third-order valence-corrected chi connectivity index (χ3v) is 3.46. The molecule has 0 fully saturated rings. The van der Waals surface area contributed by atoms with Crippen molar-refractivity contribution in [3.8, 4) is 0 Å². The van der Waals surface area contributed by atoms with Crippen LogP contribution in [0.2, 0.25) is 0 Å². The summed E-state index contributed by atoms with van der Waals surface area (Å²) in [7, 11) is 1.80. The van der Waals surface area contributed by atoms with Crippen molar-refractivity contribution in [3.05, 3.63) is 63.2 Å². The summed E-state index contributed by atoms with van der Waals surface area (Å²) >= 11 is 2.20. The minimum atomic E-state index is 0.0148. The van der Waals surface area contributed by atoms with Gasteiger partial charge in [0.1, 0.15) is 0 Å². The molecule has 2 aromatic rings. The van der Waals surface area contributed by atoms with E-state index in [-0.39, 0.29) is 5.91 Å². The lowest BCUT2D eigenvalue weighted by molar-refractivity contribution is 0.0785. The van der Waals surface area contributed by atoms with E-state index in [0.29, 0.717) is 17.8 Å². The van der Waals surface area contributed by atoms with Crippen LogP contribution in [0.25, 0.3) is 0 Å². The van der Waals surface area contributed by atoms with E-state index >= 15 is 0 Å². The zero-order valence-electron chi connectivity index (χ0n) is 10.6. The molecule has 0 saturated carbocycles. The highest BCUT2D eigenvalue weighted by Crippen LogP contribution is 2.13. The van der Waals surface area contributed by atoms with E-state index in [0.717, 1.165) is 9.13 Å². The number of anilines is 1. The van der Waals surface area contributed by atoms with Gasteiger partial charge in [0.25, 0.3) is 5.91 Å². The number of amides is 1. The second-order valence-electron chi connectivity index (χ2n) is 4.42. The molecule has 0 atom stereocenters. The summed E-state index contributed by atoms with van der Waals surface area (Å²) in [5, 5.41) is 0. The van der Waals surface area contributed by atoms with Gasteiger partial charge >= 0.3 is 0 Å². The standard InChI is InChI=1S/C15H15IN2O/c1-18(10-11-4-2-7-14(17)8-11)15(19)12-5-3-6-13(16)9-12/h2-9H,10,17H2,1H3. The van der Waals surface area contributed by atoms with E-state index in [1.807, 2.05) is 48.5 Å². The molecule has 4 heteroatoms. The Morgan fingerprint density at radius 1 is 1.21 bits per heavy atom. The highest BCUT2D eigenvalue weighted by Gasteiger charge is 2.12. The summed E-state index contributed by atoms with van der Waals surface area (Å²) in [5.74, 6) is 0.0148. The molecule has 0 bridgehead atoms. The van der Waals surface area contributed by atoms with E-state index in [9.17, 15) is 4.79 Å². The molecule has 2 N–H and O–H groups in total. The smallest absolute Gasteiger partial charge is 0.253 e. The molecule has 1 amide bonds. The van der Waals surface area contributed by atoms with Crippen LogP contribution >= 0.6 is 22.6 Å². The molecule has 19 heavy (non-hydrogen) atoms. The number of carbonyl (C=O) groups is 1. The van der Waals surface area contributed by atoms with Crippen molar-refractivity contribution >= 4 is 34.2 Å². The molecule has 2 aromatic carbocycles. The van der Waals surface area contributed by atoms with Crippen LogP contribution in [-0.4, -0.2) is 17.9 Å². The molecule has 0 heterocycles. The van der Waals surface area contributed by atoms with Crippen molar-refractivity contribution < 1.29 is 4.79 Å². The van der Waals surface area contributed by atoms with E-state index in [2.05, 4.69) is 22.6 Å². The zero-order chi connectivity index (χ0) is 13.8. The van der Waals surface area contributed by atoms with Gasteiger partial charge < -0.3 is 10.6 Å². The minimum absolute atomic E-state index is 0.0148. The molecule has 0 unspecified atom stereocenters. The van der Waals surface area contributed by atoms with Crippen LogP contribution in [0.15, 0.2) is 48.5 Å². The van der Waals surface area contributed by atoms with Gasteiger partial charge in [-0.15, -0.1) is 0 Å². The Labute approximate surface area is 126 Å². The van der Waals surface area contributed by atoms with Crippen LogP contribution in [0, 0.1) is 3.57 Å². The first-order chi connectivity index (χ1) is 9.06. The Morgan fingerprint density at radius 2 is 1.95 bits per heavy atom. The summed E-state index contributed by atoms with van der Waals surface area (Å²) < 4.78 is 1.06. The van der Waals surface area contributed by atoms with Crippen LogP contribution in [0.4, 0.5) is 5.69 Å². The number of benzene rings is 2. The molecule has 0 aliphatic carbocycles. The van der Waals surface area contributed by atoms with Gasteiger partial charge in [-0.25, -0.2) is 0 Å². The first-order valence-electron chi connectivity index (χ1n) is 5.92. The summed E-state index contributed by atoms with van der Waals surface area (Å²) in [6, 6.07) is 15.2. The Kier molecular flexibility index (Phi) is 4.42. The number of rotatable bonds is 3. The SMILES string of the molecule is CN(Cc1cccc(N)c1)C(=O)c1cccc(I)c1. The maximum Gasteiger partial charge on any atom is 0.253 e. The summed E-state index contributed by atoms with van der Waals surface area (Å²) in [4.78, 5) is 14.0. The predicted molar refractivity (Wildman–Crippen MR) is 85.8 cm³/mol. The molecule has 98 valence electrons. The average Bonchev–Trinajstić information content (AvgIpc) is 2.38. The van der Waals surface area contributed by atoms with Crippen molar-refractivity contribution in [2.75, 3.05) is 12.8 Å². The Morgan fingerprint density at radius 3 is 2.63 bits per heavy atom. The van der Waals surface area contributed by atoms with Gasteiger partial charge in [0, 0.05) is 28.4 Å². The molecular weight excluding hydrogens is 351 g/mol. The molecule has 0 radical (unpaired) electrons. The first kappa shape index (κ1) is 13.9. The van der Waals surface area contributed by atoms with Crippen molar-refractivity contribution in [3.63, 3.8) is 0 Å². The van der Waals surface area contributed by atoms with Gasteiger partial charge in [-0.05, 0) is 58.5 Å². The van der Waals surface area contributed by atoms with Gasteiger partial charge in [-0.2, -0.15) is 0 Å². The lowest BCUT2D eigenvalue weighted by Gasteiger charge is -2.17. The summed E-state index contributed by atoms with van der Waals surface area (Å²) in [5.41, 5.74) is 8.19. The number of nitrogen functional groups attached to an aromatic ring is 1. The largest absolute Gasteiger partial charge is 0.399 e. The fraction of sp³-hybridized carbons (Fsp3) is 0.133. The second kappa shape index (κ2) is 6.06. The average molecular weight is 366 g/mol. The fourth-order valence-electron chi connectivity index (χ4n) is 1.88. The number of nitrogens with two attached hydrogens (primary N) is 1. The number of halogens is 1. The molecule has 0 aliphatic heterocycles. The van der Waals surface area contributed by atoms with Crippen LogP contribution in [0.3, 0.4) is 0 Å². The highest BCUT2D eigenvalue weighted by molar-refractivity contribution is 14.1. The van der Waals surface area contributed by atoms with Crippen molar-refractivity contribution in [2.24, 2.45) is 0 Å². The van der Waals surface area contributed by atoms with Crippen molar-refractivity contribution in [1.29, 1.82) is 0 Å². The van der Waals surface area contributed by atoms with Gasteiger partial charge in [0.2, 0.25) is 0 Å². The normalized spacial score (nSPS) is 10.2. The molecule has 2 rings (SSSR count). The van der Waals surface area contributed by atoms with Crippen LogP contribution in [0.5, 0.6) is 0 Å². The van der Waals surface area contributed by atoms with Gasteiger partial charge in [-0.1, -0.05) is 18.2 Å². The Hall–Kier alpha value is -1.56. The first-order valence-corrected chi connectivity index (χ1v) is 6.99. The van der Waals surface area contributed by atoms with E-state index in [4.69, 9.17) is 5.73 Å². The quantitative estimate of drug-likeness (QED) is 0.670. The van der Waals surface area contributed by atoms with Crippen LogP contribution in [-0.2, 0) is 6.54 Å². The predicted octanol–water partition coefficient (Wildman–Crippen LogP) is 3.15. The highest BCUT2D eigenvalue weighted by atomic mass is 127. The molecule has 3 nitrogen and oxygen atoms in total.